The summed E-state index contributed by atoms with van der Waals surface area (Å²) in [4.78, 5) is 1.89. The molecule has 1 fully saturated rings. The van der Waals surface area contributed by atoms with Gasteiger partial charge in [0.1, 0.15) is 13.3 Å². The number of anilines is 2. The molecule has 0 saturated carbocycles. The van der Waals surface area contributed by atoms with Crippen molar-refractivity contribution < 1.29 is 40.0 Å². The highest BCUT2D eigenvalue weighted by atomic mass is 32.1. The highest BCUT2D eigenvalue weighted by molar-refractivity contribution is 7.70. The minimum Gasteiger partial charge on any atom is -0.404 e. The van der Waals surface area contributed by atoms with Crippen LogP contribution in [-0.4, -0.2) is 69.9 Å². The van der Waals surface area contributed by atoms with Crippen molar-refractivity contribution in [3.63, 3.8) is 0 Å². The van der Waals surface area contributed by atoms with Crippen LogP contribution in [0.5, 0.6) is 5.75 Å². The van der Waals surface area contributed by atoms with Gasteiger partial charge in [0.15, 0.2) is 11.9 Å². The SMILES string of the molecule is CN1CCC(Nc2cccc3c(C(F)C(F)F)c(C#CCNc4ccc(P(C)(C)=O)cc4OC(F)(F)F)sc23)C(F)C1. The minimum absolute atomic E-state index is 0.0223. The summed E-state index contributed by atoms with van der Waals surface area (Å²) in [7, 11) is -1.08. The van der Waals surface area contributed by atoms with Crippen molar-refractivity contribution in [2.75, 3.05) is 50.6 Å². The van der Waals surface area contributed by atoms with Crippen molar-refractivity contribution in [1.82, 2.24) is 4.90 Å². The molecule has 228 valence electrons. The largest absolute Gasteiger partial charge is 0.573 e. The van der Waals surface area contributed by atoms with Gasteiger partial charge in [0.05, 0.1) is 33.5 Å². The molecule has 0 bridgehead atoms. The minimum atomic E-state index is -5.01. The molecule has 5 nitrogen and oxygen atoms in total. The van der Waals surface area contributed by atoms with Gasteiger partial charge in [-0.3, -0.25) is 0 Å². The number of halogens is 7. The van der Waals surface area contributed by atoms with E-state index in [9.17, 15) is 35.3 Å². The van der Waals surface area contributed by atoms with Crippen LogP contribution in [0.25, 0.3) is 10.1 Å². The third kappa shape index (κ3) is 7.71. The predicted molar refractivity (Wildman–Crippen MR) is 154 cm³/mol. The molecule has 1 aromatic heterocycles. The van der Waals surface area contributed by atoms with Gasteiger partial charge in [-0.15, -0.1) is 24.5 Å². The fraction of sp³-hybridized carbons (Fsp3) is 0.429. The molecule has 14 heteroatoms. The van der Waals surface area contributed by atoms with Crippen molar-refractivity contribution in [3.8, 4) is 17.6 Å². The molecular formula is C28H29F7N3O2PS. The molecule has 3 unspecified atom stereocenters. The highest BCUT2D eigenvalue weighted by Crippen LogP contribution is 2.43. The Labute approximate surface area is 242 Å². The summed E-state index contributed by atoms with van der Waals surface area (Å²) in [5.74, 6) is 4.72. The van der Waals surface area contributed by atoms with E-state index in [0.29, 0.717) is 23.4 Å². The van der Waals surface area contributed by atoms with E-state index in [0.717, 1.165) is 17.4 Å². The molecule has 0 spiro atoms. The number of rotatable bonds is 8. The van der Waals surface area contributed by atoms with Crippen molar-refractivity contribution in [1.29, 1.82) is 0 Å². The third-order valence-corrected chi connectivity index (χ3v) is 9.41. The Morgan fingerprint density at radius 3 is 2.55 bits per heavy atom. The molecule has 1 aliphatic rings. The van der Waals surface area contributed by atoms with E-state index in [1.165, 1.54) is 31.5 Å². The Kier molecular flexibility index (Phi) is 9.70. The van der Waals surface area contributed by atoms with Crippen LogP contribution in [0.4, 0.5) is 42.1 Å². The molecule has 2 heterocycles. The Morgan fingerprint density at radius 2 is 1.90 bits per heavy atom. The lowest BCUT2D eigenvalue weighted by Gasteiger charge is -2.33. The topological polar surface area (TPSA) is 53.6 Å². The quantitative estimate of drug-likeness (QED) is 0.155. The molecule has 3 atom stereocenters. The summed E-state index contributed by atoms with van der Waals surface area (Å²) in [5.41, 5.74) is 0.0897. The Bertz CT molecular complexity index is 1530. The second kappa shape index (κ2) is 12.7. The van der Waals surface area contributed by atoms with E-state index in [1.54, 1.807) is 12.1 Å². The standard InChI is InChI=1S/C28H29F7N3O2PS/c1-38-13-11-19(18(29)15-38)37-21-7-4-6-17-24(25(30)27(31)32)23(42-26(17)21)8-5-12-36-20-10-9-16(41(2,3)39)14-22(20)40-28(33,34)35/h4,6-7,9-10,14,18-19,25,27,36-37H,11-13,15H2,1-3H3. The Hall–Kier alpha value is -2.94. The number of thiophene rings is 1. The Balaban J connectivity index is 1.63. The second-order valence-electron chi connectivity index (χ2n) is 10.3. The maximum absolute atomic E-state index is 14.8. The van der Waals surface area contributed by atoms with Crippen LogP contribution in [0.1, 0.15) is 23.0 Å². The zero-order valence-electron chi connectivity index (χ0n) is 22.9. The lowest BCUT2D eigenvalue weighted by atomic mass is 10.0. The fourth-order valence-corrected chi connectivity index (χ4v) is 6.68. The molecule has 3 aromatic rings. The van der Waals surface area contributed by atoms with Gasteiger partial charge in [0.25, 0.3) is 6.43 Å². The molecule has 42 heavy (non-hydrogen) atoms. The number of ether oxygens (including phenoxy) is 1. The molecule has 4 rings (SSSR count). The number of likely N-dealkylation sites (tertiary alicyclic amines) is 1. The number of piperidine rings is 1. The van der Waals surface area contributed by atoms with Gasteiger partial charge in [0, 0.05) is 29.3 Å². The first kappa shape index (κ1) is 32.0. The zero-order chi connectivity index (χ0) is 30.8. The number of alkyl halides is 7. The molecule has 0 aliphatic carbocycles. The summed E-state index contributed by atoms with van der Waals surface area (Å²) in [6.07, 6.45) is -11.6. The van der Waals surface area contributed by atoms with E-state index in [1.807, 2.05) is 11.9 Å². The lowest BCUT2D eigenvalue weighted by Crippen LogP contribution is -2.46. The molecule has 1 saturated heterocycles. The van der Waals surface area contributed by atoms with Crippen LogP contribution in [0.3, 0.4) is 0 Å². The smallest absolute Gasteiger partial charge is 0.404 e. The maximum atomic E-state index is 14.8. The van der Waals surface area contributed by atoms with Gasteiger partial charge in [-0.1, -0.05) is 24.0 Å². The molecule has 2 aromatic carbocycles. The monoisotopic (exact) mass is 635 g/mol. The average molecular weight is 636 g/mol. The number of fused-ring (bicyclic) bond motifs is 1. The summed E-state index contributed by atoms with van der Waals surface area (Å²) < 4.78 is 112. The van der Waals surface area contributed by atoms with E-state index in [2.05, 4.69) is 27.2 Å². The van der Waals surface area contributed by atoms with E-state index < -0.39 is 44.1 Å². The first-order valence-electron chi connectivity index (χ1n) is 12.9. The second-order valence-corrected chi connectivity index (χ2v) is 14.6. The summed E-state index contributed by atoms with van der Waals surface area (Å²) >= 11 is 0.974. The van der Waals surface area contributed by atoms with E-state index in [-0.39, 0.29) is 39.9 Å². The molecule has 2 N–H and O–H groups in total. The van der Waals surface area contributed by atoms with Gasteiger partial charge >= 0.3 is 6.36 Å². The first-order valence-corrected chi connectivity index (χ1v) is 16.3. The van der Waals surface area contributed by atoms with Crippen molar-refractivity contribution in [2.24, 2.45) is 0 Å². The van der Waals surface area contributed by atoms with E-state index >= 15 is 0 Å². The van der Waals surface area contributed by atoms with Gasteiger partial charge < -0.3 is 24.8 Å². The van der Waals surface area contributed by atoms with Crippen LogP contribution >= 0.6 is 18.5 Å². The highest BCUT2D eigenvalue weighted by Gasteiger charge is 2.33. The summed E-state index contributed by atoms with van der Waals surface area (Å²) in [5, 5.41) is 6.22. The van der Waals surface area contributed by atoms with Gasteiger partial charge in [0.2, 0.25) is 0 Å². The van der Waals surface area contributed by atoms with Crippen LogP contribution in [0, 0.1) is 11.8 Å². The van der Waals surface area contributed by atoms with Crippen molar-refractivity contribution in [2.45, 2.75) is 37.6 Å². The normalized spacial score (nSPS) is 18.9. The number of nitrogens with one attached hydrogen (secondary N) is 2. The van der Waals surface area contributed by atoms with Crippen molar-refractivity contribution in [3.05, 3.63) is 46.8 Å². The van der Waals surface area contributed by atoms with Gasteiger partial charge in [-0.2, -0.15) is 0 Å². The Morgan fingerprint density at radius 1 is 1.17 bits per heavy atom. The summed E-state index contributed by atoms with van der Waals surface area (Å²) in [6.45, 7) is 3.47. The zero-order valence-corrected chi connectivity index (χ0v) is 24.6. The molecule has 0 amide bonds. The van der Waals surface area contributed by atoms with Crippen LogP contribution in [0.2, 0.25) is 0 Å². The molecule has 0 radical (unpaired) electrons. The fourth-order valence-electron chi connectivity index (χ4n) is 4.63. The van der Waals surface area contributed by atoms with Crippen LogP contribution in [0.15, 0.2) is 36.4 Å². The van der Waals surface area contributed by atoms with Crippen molar-refractivity contribution >= 4 is 45.2 Å². The van der Waals surface area contributed by atoms with Gasteiger partial charge in [-0.05, 0) is 51.1 Å². The van der Waals surface area contributed by atoms with Crippen LogP contribution in [-0.2, 0) is 4.57 Å². The van der Waals surface area contributed by atoms with E-state index in [4.69, 9.17) is 0 Å². The van der Waals surface area contributed by atoms with Crippen LogP contribution < -0.4 is 20.7 Å². The average Bonchev–Trinajstić information content (AvgIpc) is 3.26. The third-order valence-electron chi connectivity index (χ3n) is 6.72. The maximum Gasteiger partial charge on any atom is 0.573 e. The lowest BCUT2D eigenvalue weighted by molar-refractivity contribution is -0.274. The number of benzene rings is 2. The molecule has 1 aliphatic heterocycles. The number of hydrogen-bond acceptors (Lipinski definition) is 6. The first-order chi connectivity index (χ1) is 19.6. The predicted octanol–water partition coefficient (Wildman–Crippen LogP) is 7.24. The number of hydrogen-bond donors (Lipinski definition) is 2. The molecular weight excluding hydrogens is 606 g/mol. The summed E-state index contributed by atoms with van der Waals surface area (Å²) in [6, 6.07) is 7.93. The van der Waals surface area contributed by atoms with Gasteiger partial charge in [-0.25, -0.2) is 17.6 Å². The number of nitrogens with zero attached hydrogens (tertiary/aromatic N) is 1.